The van der Waals surface area contributed by atoms with Crippen LogP contribution in [-0.2, 0) is 9.59 Å². The standard InChI is InChI=1S/C20H19N3O5S/c1-23-18(24)10-17(29-20(23)22-12-3-6-14(26-2)7-4-12)19(25)21-13-5-8-15-16(9-13)28-11-27-15/h3-9,17H,10-11H2,1-2H3,(H,21,25)/t17-/m0/s1. The molecule has 1 fully saturated rings. The minimum absolute atomic E-state index is 0.0964. The highest BCUT2D eigenvalue weighted by molar-refractivity contribution is 8.15. The third-order valence-corrected chi connectivity index (χ3v) is 5.74. The van der Waals surface area contributed by atoms with E-state index >= 15 is 0 Å². The van der Waals surface area contributed by atoms with Crippen molar-refractivity contribution >= 4 is 40.1 Å². The van der Waals surface area contributed by atoms with Crippen molar-refractivity contribution in [3.63, 3.8) is 0 Å². The van der Waals surface area contributed by atoms with Crippen LogP contribution >= 0.6 is 11.8 Å². The van der Waals surface area contributed by atoms with Crippen molar-refractivity contribution in [2.45, 2.75) is 11.7 Å². The van der Waals surface area contributed by atoms with Crippen LogP contribution in [0.1, 0.15) is 6.42 Å². The van der Waals surface area contributed by atoms with E-state index in [4.69, 9.17) is 14.2 Å². The zero-order valence-corrected chi connectivity index (χ0v) is 16.7. The van der Waals surface area contributed by atoms with Gasteiger partial charge in [0.1, 0.15) is 11.0 Å². The second kappa shape index (κ2) is 8.04. The van der Waals surface area contributed by atoms with E-state index < -0.39 is 5.25 Å². The van der Waals surface area contributed by atoms with Gasteiger partial charge in [0.05, 0.1) is 12.8 Å². The second-order valence-corrected chi connectivity index (χ2v) is 7.58. The minimum Gasteiger partial charge on any atom is -0.497 e. The summed E-state index contributed by atoms with van der Waals surface area (Å²) in [4.78, 5) is 31.2. The Labute approximate surface area is 171 Å². The first-order chi connectivity index (χ1) is 14.0. The molecule has 150 valence electrons. The number of aliphatic imine (C=N–C) groups is 1. The van der Waals surface area contributed by atoms with Gasteiger partial charge < -0.3 is 19.5 Å². The number of anilines is 1. The van der Waals surface area contributed by atoms with Gasteiger partial charge in [-0.2, -0.15) is 0 Å². The van der Waals surface area contributed by atoms with Gasteiger partial charge >= 0.3 is 0 Å². The molecular formula is C20H19N3O5S. The summed E-state index contributed by atoms with van der Waals surface area (Å²) < 4.78 is 15.7. The second-order valence-electron chi connectivity index (χ2n) is 6.41. The molecule has 0 radical (unpaired) electrons. The lowest BCUT2D eigenvalue weighted by molar-refractivity contribution is -0.128. The van der Waals surface area contributed by atoms with Crippen LogP contribution in [0.15, 0.2) is 47.5 Å². The summed E-state index contributed by atoms with van der Waals surface area (Å²) in [5.41, 5.74) is 1.25. The Morgan fingerprint density at radius 3 is 2.72 bits per heavy atom. The van der Waals surface area contributed by atoms with Gasteiger partial charge in [-0.05, 0) is 36.4 Å². The van der Waals surface area contributed by atoms with E-state index in [2.05, 4.69) is 10.3 Å². The number of methoxy groups -OCH3 is 1. The molecule has 2 aromatic carbocycles. The first-order valence-corrected chi connectivity index (χ1v) is 9.78. The quantitative estimate of drug-likeness (QED) is 0.829. The lowest BCUT2D eigenvalue weighted by atomic mass is 10.2. The Morgan fingerprint density at radius 1 is 1.21 bits per heavy atom. The van der Waals surface area contributed by atoms with Gasteiger partial charge in [0.25, 0.3) is 0 Å². The minimum atomic E-state index is -0.582. The van der Waals surface area contributed by atoms with Crippen molar-refractivity contribution in [1.82, 2.24) is 4.90 Å². The SMILES string of the molecule is COc1ccc(N=C2S[C@H](C(=O)Nc3ccc4c(c3)OCO4)CC(=O)N2C)cc1. The fourth-order valence-electron chi connectivity index (χ4n) is 2.86. The number of rotatable bonds is 4. The number of nitrogens with one attached hydrogen (secondary N) is 1. The highest BCUT2D eigenvalue weighted by atomic mass is 32.2. The third kappa shape index (κ3) is 4.14. The number of benzene rings is 2. The maximum atomic E-state index is 12.8. The Kier molecular flexibility index (Phi) is 5.30. The largest absolute Gasteiger partial charge is 0.497 e. The van der Waals surface area contributed by atoms with Gasteiger partial charge in [0, 0.05) is 25.2 Å². The molecule has 1 N–H and O–H groups in total. The van der Waals surface area contributed by atoms with Gasteiger partial charge in [-0.25, -0.2) is 4.99 Å². The van der Waals surface area contributed by atoms with Crippen molar-refractivity contribution in [2.75, 3.05) is 26.3 Å². The predicted molar refractivity (Wildman–Crippen MR) is 110 cm³/mol. The molecule has 0 unspecified atom stereocenters. The molecular weight excluding hydrogens is 394 g/mol. The lowest BCUT2D eigenvalue weighted by Gasteiger charge is -2.28. The summed E-state index contributed by atoms with van der Waals surface area (Å²) in [6.07, 6.45) is 0.0964. The van der Waals surface area contributed by atoms with Crippen molar-refractivity contribution in [3.05, 3.63) is 42.5 Å². The number of carbonyl (C=O) groups is 2. The van der Waals surface area contributed by atoms with Crippen molar-refractivity contribution in [2.24, 2.45) is 4.99 Å². The van der Waals surface area contributed by atoms with Gasteiger partial charge in [0.2, 0.25) is 18.6 Å². The Hall–Kier alpha value is -3.20. The molecule has 1 atom stereocenters. The monoisotopic (exact) mass is 413 g/mol. The zero-order chi connectivity index (χ0) is 20.4. The normalized spacial score (nSPS) is 19.4. The molecule has 2 amide bonds. The molecule has 0 aliphatic carbocycles. The van der Waals surface area contributed by atoms with Crippen LogP contribution in [0.25, 0.3) is 0 Å². The van der Waals surface area contributed by atoms with Crippen LogP contribution < -0.4 is 19.5 Å². The number of amidine groups is 1. The third-order valence-electron chi connectivity index (χ3n) is 4.50. The van der Waals surface area contributed by atoms with E-state index in [0.717, 1.165) is 5.75 Å². The van der Waals surface area contributed by atoms with Gasteiger partial charge in [-0.3, -0.25) is 14.5 Å². The van der Waals surface area contributed by atoms with Crippen LogP contribution in [0.5, 0.6) is 17.2 Å². The molecule has 0 saturated carbocycles. The van der Waals surface area contributed by atoms with E-state index in [0.29, 0.717) is 28.0 Å². The van der Waals surface area contributed by atoms with Gasteiger partial charge in [0.15, 0.2) is 16.7 Å². The number of carbonyl (C=O) groups excluding carboxylic acids is 2. The summed E-state index contributed by atoms with van der Waals surface area (Å²) in [5, 5.41) is 2.73. The van der Waals surface area contributed by atoms with Crippen LogP contribution in [0, 0.1) is 0 Å². The molecule has 2 aromatic rings. The Morgan fingerprint density at radius 2 is 1.97 bits per heavy atom. The molecule has 2 aliphatic rings. The molecule has 8 nitrogen and oxygen atoms in total. The molecule has 1 saturated heterocycles. The first kappa shape index (κ1) is 19.1. The van der Waals surface area contributed by atoms with E-state index in [1.54, 1.807) is 56.6 Å². The molecule has 9 heteroatoms. The van der Waals surface area contributed by atoms with E-state index in [1.807, 2.05) is 0 Å². The number of amides is 2. The summed E-state index contributed by atoms with van der Waals surface area (Å²) in [6.45, 7) is 0.164. The molecule has 0 bridgehead atoms. The Bertz CT molecular complexity index is 977. The van der Waals surface area contributed by atoms with Gasteiger partial charge in [-0.1, -0.05) is 11.8 Å². The van der Waals surface area contributed by atoms with Crippen molar-refractivity contribution < 1.29 is 23.8 Å². The van der Waals surface area contributed by atoms with Crippen LogP contribution in [0.4, 0.5) is 11.4 Å². The number of hydrogen-bond acceptors (Lipinski definition) is 7. The fraction of sp³-hybridized carbons (Fsp3) is 0.250. The van der Waals surface area contributed by atoms with E-state index in [1.165, 1.54) is 16.7 Å². The lowest BCUT2D eigenvalue weighted by Crippen LogP contribution is -2.43. The van der Waals surface area contributed by atoms with Crippen molar-refractivity contribution in [3.8, 4) is 17.2 Å². The average molecular weight is 413 g/mol. The topological polar surface area (TPSA) is 89.5 Å². The average Bonchev–Trinajstić information content (AvgIpc) is 3.19. The first-order valence-electron chi connectivity index (χ1n) is 8.90. The maximum Gasteiger partial charge on any atom is 0.238 e. The van der Waals surface area contributed by atoms with Crippen LogP contribution in [0.3, 0.4) is 0 Å². The summed E-state index contributed by atoms with van der Waals surface area (Å²) >= 11 is 1.26. The van der Waals surface area contributed by atoms with Crippen LogP contribution in [-0.4, -0.2) is 48.1 Å². The summed E-state index contributed by atoms with van der Waals surface area (Å²) in [6, 6.07) is 12.3. The summed E-state index contributed by atoms with van der Waals surface area (Å²) in [5.74, 6) is 1.51. The number of hydrogen-bond donors (Lipinski definition) is 1. The van der Waals surface area contributed by atoms with Crippen molar-refractivity contribution in [1.29, 1.82) is 0 Å². The molecule has 29 heavy (non-hydrogen) atoms. The summed E-state index contributed by atoms with van der Waals surface area (Å²) in [7, 11) is 3.25. The molecule has 4 rings (SSSR count). The predicted octanol–water partition coefficient (Wildman–Crippen LogP) is 3.01. The molecule has 2 heterocycles. The van der Waals surface area contributed by atoms with Gasteiger partial charge in [-0.15, -0.1) is 0 Å². The number of thioether (sulfide) groups is 1. The maximum absolute atomic E-state index is 12.8. The Balaban J connectivity index is 1.49. The number of ether oxygens (including phenoxy) is 3. The highest BCUT2D eigenvalue weighted by Crippen LogP contribution is 2.35. The highest BCUT2D eigenvalue weighted by Gasteiger charge is 2.34. The fourth-order valence-corrected chi connectivity index (χ4v) is 3.93. The zero-order valence-electron chi connectivity index (χ0n) is 15.9. The number of nitrogens with zero attached hydrogens (tertiary/aromatic N) is 2. The molecule has 0 spiro atoms. The van der Waals surface area contributed by atoms with E-state index in [-0.39, 0.29) is 25.0 Å². The smallest absolute Gasteiger partial charge is 0.238 e. The number of fused-ring (bicyclic) bond motifs is 1. The molecule has 0 aromatic heterocycles. The van der Waals surface area contributed by atoms with Crippen LogP contribution in [0.2, 0.25) is 0 Å². The molecule has 2 aliphatic heterocycles. The van der Waals surface area contributed by atoms with E-state index in [9.17, 15) is 9.59 Å².